The minimum atomic E-state index is -3.16. The van der Waals surface area contributed by atoms with Crippen molar-refractivity contribution in [3.8, 4) is 0 Å². The van der Waals surface area contributed by atoms with Crippen LogP contribution in [0.3, 0.4) is 0 Å². The van der Waals surface area contributed by atoms with E-state index in [1.807, 2.05) is 6.07 Å². The summed E-state index contributed by atoms with van der Waals surface area (Å²) in [5.74, 6) is 1.59. The van der Waals surface area contributed by atoms with Crippen LogP contribution in [-0.2, 0) is 23.2 Å². The fourth-order valence-electron chi connectivity index (χ4n) is 2.77. The number of rotatable bonds is 6. The monoisotopic (exact) mass is 330 g/mol. The van der Waals surface area contributed by atoms with E-state index < -0.39 is 10.0 Å². The van der Waals surface area contributed by atoms with Gasteiger partial charge in [-0.3, -0.25) is 0 Å². The molecule has 1 fully saturated rings. The van der Waals surface area contributed by atoms with Gasteiger partial charge < -0.3 is 14.8 Å². The van der Waals surface area contributed by atoms with E-state index in [1.165, 1.54) is 0 Å². The zero-order chi connectivity index (χ0) is 16.3. The van der Waals surface area contributed by atoms with E-state index in [0.29, 0.717) is 25.4 Å². The fourth-order valence-corrected chi connectivity index (χ4v) is 4.17. The molecule has 1 saturated heterocycles. The number of hydrogen-bond donors (Lipinski definition) is 2. The van der Waals surface area contributed by atoms with Gasteiger partial charge in [-0.15, -0.1) is 0 Å². The summed E-state index contributed by atoms with van der Waals surface area (Å²) in [6.45, 7) is 7.12. The van der Waals surface area contributed by atoms with Gasteiger partial charge in [-0.1, -0.05) is 6.92 Å². The molecule has 0 radical (unpaired) electrons. The van der Waals surface area contributed by atoms with Crippen molar-refractivity contribution in [1.29, 1.82) is 0 Å². The predicted molar refractivity (Wildman–Crippen MR) is 84.7 cm³/mol. The largest absolute Gasteiger partial charge is 0.462 e. The molecule has 0 amide bonds. The maximum Gasteiger partial charge on any atom is 0.216 e. The number of hydrogen-bond acceptors (Lipinski definition) is 5. The van der Waals surface area contributed by atoms with Gasteiger partial charge in [0, 0.05) is 19.1 Å². The molecule has 7 heteroatoms. The molecule has 22 heavy (non-hydrogen) atoms. The first-order chi connectivity index (χ1) is 10.3. The summed E-state index contributed by atoms with van der Waals surface area (Å²) in [5.41, 5.74) is 0. The molecule has 2 rings (SSSR count). The van der Waals surface area contributed by atoms with Gasteiger partial charge in [0.15, 0.2) is 0 Å². The van der Waals surface area contributed by atoms with E-state index in [-0.39, 0.29) is 23.8 Å². The maximum atomic E-state index is 12.2. The fraction of sp³-hybridized carbons (Fsp3) is 0.733. The van der Waals surface area contributed by atoms with Gasteiger partial charge in [0.1, 0.15) is 18.1 Å². The highest BCUT2D eigenvalue weighted by atomic mass is 32.2. The molecular formula is C15H26N2O4S. The molecule has 0 saturated carbocycles. The lowest BCUT2D eigenvalue weighted by atomic mass is 9.95. The Morgan fingerprint density at radius 2 is 2.09 bits per heavy atom. The summed E-state index contributed by atoms with van der Waals surface area (Å²) >= 11 is 0. The minimum absolute atomic E-state index is 0.0954. The lowest BCUT2D eigenvalue weighted by Gasteiger charge is -2.37. The van der Waals surface area contributed by atoms with E-state index in [4.69, 9.17) is 9.52 Å². The number of sulfonamides is 1. The number of piperidine rings is 1. The molecule has 1 aliphatic rings. The van der Waals surface area contributed by atoms with Crippen molar-refractivity contribution in [3.05, 3.63) is 23.7 Å². The minimum Gasteiger partial charge on any atom is -0.462 e. The van der Waals surface area contributed by atoms with Crippen LogP contribution >= 0.6 is 0 Å². The molecule has 1 aliphatic heterocycles. The summed E-state index contributed by atoms with van der Waals surface area (Å²) in [4.78, 5) is 0. The van der Waals surface area contributed by atoms with Crippen LogP contribution in [0.15, 0.2) is 16.5 Å². The standard InChI is InChI=1S/C15H26N2O4S/c1-11(2)22(19,20)17-7-6-15(12(3)9-17)16-8-13-4-5-14(10-18)21-13/h4-5,11-12,15-16,18H,6-10H2,1-3H3/t12-,15+/m1/s1. The van der Waals surface area contributed by atoms with Crippen molar-refractivity contribution in [1.82, 2.24) is 9.62 Å². The first-order valence-electron chi connectivity index (χ1n) is 7.75. The van der Waals surface area contributed by atoms with Crippen LogP contribution in [0.1, 0.15) is 38.7 Å². The maximum absolute atomic E-state index is 12.2. The summed E-state index contributed by atoms with van der Waals surface area (Å²) in [6.07, 6.45) is 0.792. The Morgan fingerprint density at radius 3 is 2.64 bits per heavy atom. The zero-order valence-corrected chi connectivity index (χ0v) is 14.3. The van der Waals surface area contributed by atoms with E-state index >= 15 is 0 Å². The van der Waals surface area contributed by atoms with E-state index in [0.717, 1.165) is 12.2 Å². The van der Waals surface area contributed by atoms with E-state index in [2.05, 4.69) is 12.2 Å². The summed E-state index contributed by atoms with van der Waals surface area (Å²) in [7, 11) is -3.16. The molecule has 126 valence electrons. The molecule has 0 bridgehead atoms. The topological polar surface area (TPSA) is 82.8 Å². The zero-order valence-electron chi connectivity index (χ0n) is 13.4. The average molecular weight is 330 g/mol. The van der Waals surface area contributed by atoms with Crippen molar-refractivity contribution in [2.24, 2.45) is 5.92 Å². The van der Waals surface area contributed by atoms with Gasteiger partial charge >= 0.3 is 0 Å². The molecule has 2 atom stereocenters. The number of furan rings is 1. The predicted octanol–water partition coefficient (Wildman–Crippen LogP) is 1.31. The van der Waals surface area contributed by atoms with Crippen LogP contribution in [-0.4, -0.2) is 42.2 Å². The van der Waals surface area contributed by atoms with Gasteiger partial charge in [-0.25, -0.2) is 12.7 Å². The molecule has 0 unspecified atom stereocenters. The Balaban J connectivity index is 1.88. The second kappa shape index (κ2) is 7.12. The van der Waals surface area contributed by atoms with Crippen LogP contribution < -0.4 is 5.32 Å². The molecule has 6 nitrogen and oxygen atoms in total. The smallest absolute Gasteiger partial charge is 0.216 e. The third kappa shape index (κ3) is 3.90. The van der Waals surface area contributed by atoms with Crippen molar-refractivity contribution in [3.63, 3.8) is 0 Å². The third-order valence-electron chi connectivity index (χ3n) is 4.24. The molecule has 1 aromatic heterocycles. The lowest BCUT2D eigenvalue weighted by Crippen LogP contribution is -2.51. The Labute approximate surface area is 132 Å². The number of nitrogens with zero attached hydrogens (tertiary/aromatic N) is 1. The van der Waals surface area contributed by atoms with E-state index in [9.17, 15) is 8.42 Å². The molecule has 2 heterocycles. The Bertz CT molecular complexity index is 582. The Morgan fingerprint density at radius 1 is 1.41 bits per heavy atom. The normalized spacial score (nSPS) is 24.0. The van der Waals surface area contributed by atoms with Crippen LogP contribution in [0.5, 0.6) is 0 Å². The molecule has 1 aromatic rings. The quantitative estimate of drug-likeness (QED) is 0.822. The first-order valence-corrected chi connectivity index (χ1v) is 9.25. The molecule has 0 aromatic carbocycles. The Kier molecular flexibility index (Phi) is 5.65. The lowest BCUT2D eigenvalue weighted by molar-refractivity contribution is 0.211. The summed E-state index contributed by atoms with van der Waals surface area (Å²) in [5, 5.41) is 12.0. The van der Waals surface area contributed by atoms with Crippen LogP contribution in [0, 0.1) is 5.92 Å². The van der Waals surface area contributed by atoms with Gasteiger partial charge in [0.2, 0.25) is 10.0 Å². The average Bonchev–Trinajstić information content (AvgIpc) is 2.93. The number of nitrogens with one attached hydrogen (secondary N) is 1. The second-order valence-electron chi connectivity index (χ2n) is 6.23. The highest BCUT2D eigenvalue weighted by molar-refractivity contribution is 7.89. The molecule has 2 N–H and O–H groups in total. The Hall–Kier alpha value is -0.890. The van der Waals surface area contributed by atoms with Gasteiger partial charge in [0.05, 0.1) is 11.8 Å². The van der Waals surface area contributed by atoms with Crippen molar-refractivity contribution in [2.45, 2.75) is 51.6 Å². The van der Waals surface area contributed by atoms with Gasteiger partial charge in [-0.05, 0) is 38.3 Å². The molecule has 0 spiro atoms. The number of aliphatic hydroxyl groups excluding tert-OH is 1. The van der Waals surface area contributed by atoms with Crippen molar-refractivity contribution in [2.75, 3.05) is 13.1 Å². The van der Waals surface area contributed by atoms with Crippen molar-refractivity contribution < 1.29 is 17.9 Å². The summed E-state index contributed by atoms with van der Waals surface area (Å²) < 4.78 is 31.5. The SMILES string of the molecule is CC(C)S(=O)(=O)N1CC[C@H](NCc2ccc(CO)o2)[C@H](C)C1. The summed E-state index contributed by atoms with van der Waals surface area (Å²) in [6, 6.07) is 3.88. The third-order valence-corrected chi connectivity index (χ3v) is 6.48. The number of aliphatic hydroxyl groups is 1. The van der Waals surface area contributed by atoms with Gasteiger partial charge in [0.25, 0.3) is 0 Å². The van der Waals surface area contributed by atoms with E-state index in [1.54, 1.807) is 24.2 Å². The van der Waals surface area contributed by atoms with Crippen molar-refractivity contribution >= 4 is 10.0 Å². The molecule has 0 aliphatic carbocycles. The first kappa shape index (κ1) is 17.5. The van der Waals surface area contributed by atoms with Crippen LogP contribution in [0.4, 0.5) is 0 Å². The molecular weight excluding hydrogens is 304 g/mol. The van der Waals surface area contributed by atoms with Crippen LogP contribution in [0.25, 0.3) is 0 Å². The van der Waals surface area contributed by atoms with Crippen LogP contribution in [0.2, 0.25) is 0 Å². The second-order valence-corrected chi connectivity index (χ2v) is 8.72. The van der Waals surface area contributed by atoms with Gasteiger partial charge in [-0.2, -0.15) is 0 Å². The highest BCUT2D eigenvalue weighted by Gasteiger charge is 2.33. The highest BCUT2D eigenvalue weighted by Crippen LogP contribution is 2.22.